The molecule has 1 saturated heterocycles. The standard InChI is InChI=1S/C18H16F3N3O/c1-12-11-23(6-7-24(12)17(25)18(19,20)21)16-5-4-14-3-2-13(10-22)8-15(14)9-16/h2-5,8-9,12H,6-7,11H2,1H3/t12-/m1/s1. The quantitative estimate of drug-likeness (QED) is 0.795. The van der Waals surface area contributed by atoms with Crippen LogP contribution in [0.5, 0.6) is 0 Å². The molecule has 0 aromatic heterocycles. The largest absolute Gasteiger partial charge is 0.471 e. The van der Waals surface area contributed by atoms with E-state index >= 15 is 0 Å². The fraction of sp³-hybridized carbons (Fsp3) is 0.333. The van der Waals surface area contributed by atoms with E-state index in [-0.39, 0.29) is 6.54 Å². The Hall–Kier alpha value is -2.75. The summed E-state index contributed by atoms with van der Waals surface area (Å²) in [6.45, 7) is 2.29. The van der Waals surface area contributed by atoms with Crippen molar-refractivity contribution >= 4 is 22.4 Å². The fourth-order valence-electron chi connectivity index (χ4n) is 3.16. The molecule has 0 bridgehead atoms. The van der Waals surface area contributed by atoms with Crippen LogP contribution in [0.3, 0.4) is 0 Å². The van der Waals surface area contributed by atoms with Crippen LogP contribution in [-0.2, 0) is 4.79 Å². The van der Waals surface area contributed by atoms with Crippen molar-refractivity contribution in [1.82, 2.24) is 4.90 Å². The lowest BCUT2D eigenvalue weighted by molar-refractivity contribution is -0.187. The summed E-state index contributed by atoms with van der Waals surface area (Å²) in [5.74, 6) is -1.78. The van der Waals surface area contributed by atoms with E-state index in [1.807, 2.05) is 29.2 Å². The van der Waals surface area contributed by atoms with E-state index < -0.39 is 18.1 Å². The van der Waals surface area contributed by atoms with Gasteiger partial charge in [-0.3, -0.25) is 4.79 Å². The predicted molar refractivity (Wildman–Crippen MR) is 88.1 cm³/mol. The van der Waals surface area contributed by atoms with Crippen LogP contribution in [0, 0.1) is 11.3 Å². The van der Waals surface area contributed by atoms with Gasteiger partial charge in [-0.25, -0.2) is 0 Å². The molecule has 1 aliphatic heterocycles. The number of hydrogen-bond acceptors (Lipinski definition) is 3. The highest BCUT2D eigenvalue weighted by atomic mass is 19.4. The molecule has 4 nitrogen and oxygen atoms in total. The molecule has 0 spiro atoms. The summed E-state index contributed by atoms with van der Waals surface area (Å²) in [4.78, 5) is 14.3. The third-order valence-electron chi connectivity index (χ3n) is 4.45. The smallest absolute Gasteiger partial charge is 0.368 e. The number of carbonyl (C=O) groups is 1. The van der Waals surface area contributed by atoms with E-state index in [1.54, 1.807) is 19.1 Å². The molecule has 0 radical (unpaired) electrons. The number of nitriles is 1. The molecule has 1 amide bonds. The summed E-state index contributed by atoms with van der Waals surface area (Å²) in [5, 5.41) is 10.9. The first kappa shape index (κ1) is 17.1. The number of benzene rings is 2. The van der Waals surface area contributed by atoms with Gasteiger partial charge in [0, 0.05) is 31.4 Å². The highest BCUT2D eigenvalue weighted by molar-refractivity contribution is 5.87. The zero-order valence-electron chi connectivity index (χ0n) is 13.5. The Balaban J connectivity index is 1.81. The Morgan fingerprint density at radius 1 is 1.16 bits per heavy atom. The van der Waals surface area contributed by atoms with Crippen molar-refractivity contribution in [3.8, 4) is 6.07 Å². The number of hydrogen-bond donors (Lipinski definition) is 0. The van der Waals surface area contributed by atoms with Gasteiger partial charge in [0.25, 0.3) is 0 Å². The minimum absolute atomic E-state index is 0.0236. The van der Waals surface area contributed by atoms with Crippen molar-refractivity contribution in [3.05, 3.63) is 42.0 Å². The van der Waals surface area contributed by atoms with Gasteiger partial charge in [-0.15, -0.1) is 0 Å². The molecule has 2 aromatic carbocycles. The third-order valence-corrected chi connectivity index (χ3v) is 4.45. The summed E-state index contributed by atoms with van der Waals surface area (Å²) in [6, 6.07) is 12.7. The van der Waals surface area contributed by atoms with Gasteiger partial charge < -0.3 is 9.80 Å². The van der Waals surface area contributed by atoms with E-state index in [9.17, 15) is 18.0 Å². The first-order valence-electron chi connectivity index (χ1n) is 7.86. The topological polar surface area (TPSA) is 47.3 Å². The van der Waals surface area contributed by atoms with E-state index in [0.29, 0.717) is 18.7 Å². The number of alkyl halides is 3. The van der Waals surface area contributed by atoms with Gasteiger partial charge in [0.2, 0.25) is 0 Å². The van der Waals surface area contributed by atoms with Crippen LogP contribution in [0.2, 0.25) is 0 Å². The summed E-state index contributed by atoms with van der Waals surface area (Å²) in [5.41, 5.74) is 1.42. The molecular weight excluding hydrogens is 331 g/mol. The zero-order chi connectivity index (χ0) is 18.2. The molecule has 1 fully saturated rings. The summed E-state index contributed by atoms with van der Waals surface area (Å²) >= 11 is 0. The van der Waals surface area contributed by atoms with Gasteiger partial charge in [0.1, 0.15) is 0 Å². The number of anilines is 1. The van der Waals surface area contributed by atoms with E-state index in [2.05, 4.69) is 6.07 Å². The second-order valence-corrected chi connectivity index (χ2v) is 6.15. The number of piperazine rings is 1. The van der Waals surface area contributed by atoms with Crippen LogP contribution < -0.4 is 4.90 Å². The molecule has 1 heterocycles. The Morgan fingerprint density at radius 2 is 1.88 bits per heavy atom. The van der Waals surface area contributed by atoms with Gasteiger partial charge in [-0.2, -0.15) is 18.4 Å². The molecule has 0 aliphatic carbocycles. The third kappa shape index (κ3) is 3.38. The lowest BCUT2D eigenvalue weighted by Crippen LogP contribution is -2.57. The molecule has 25 heavy (non-hydrogen) atoms. The summed E-state index contributed by atoms with van der Waals surface area (Å²) in [7, 11) is 0. The number of rotatable bonds is 1. The molecule has 130 valence electrons. The number of nitrogens with zero attached hydrogens (tertiary/aromatic N) is 3. The number of amides is 1. The van der Waals surface area contributed by atoms with Crippen LogP contribution in [0.15, 0.2) is 36.4 Å². The van der Waals surface area contributed by atoms with Crippen LogP contribution >= 0.6 is 0 Å². The molecule has 0 N–H and O–H groups in total. The van der Waals surface area contributed by atoms with Gasteiger partial charge >= 0.3 is 12.1 Å². The van der Waals surface area contributed by atoms with Crippen molar-refractivity contribution in [3.63, 3.8) is 0 Å². The Morgan fingerprint density at radius 3 is 2.52 bits per heavy atom. The van der Waals surface area contributed by atoms with Crippen LogP contribution in [0.1, 0.15) is 12.5 Å². The Kier molecular flexibility index (Phi) is 4.29. The normalized spacial score (nSPS) is 18.3. The first-order valence-corrected chi connectivity index (χ1v) is 7.86. The number of carbonyl (C=O) groups excluding carboxylic acids is 1. The Bertz CT molecular complexity index is 857. The van der Waals surface area contributed by atoms with Crippen molar-refractivity contribution < 1.29 is 18.0 Å². The van der Waals surface area contributed by atoms with Crippen molar-refractivity contribution in [2.45, 2.75) is 19.1 Å². The second kappa shape index (κ2) is 6.28. The van der Waals surface area contributed by atoms with Crippen LogP contribution in [0.25, 0.3) is 10.8 Å². The summed E-state index contributed by atoms with van der Waals surface area (Å²) < 4.78 is 37.9. The lowest BCUT2D eigenvalue weighted by Gasteiger charge is -2.41. The second-order valence-electron chi connectivity index (χ2n) is 6.15. The maximum Gasteiger partial charge on any atom is 0.471 e. The van der Waals surface area contributed by atoms with Crippen molar-refractivity contribution in [2.24, 2.45) is 0 Å². The van der Waals surface area contributed by atoms with Gasteiger partial charge in [-0.1, -0.05) is 12.1 Å². The molecule has 0 saturated carbocycles. The fourth-order valence-corrected chi connectivity index (χ4v) is 3.16. The van der Waals surface area contributed by atoms with Crippen LogP contribution in [-0.4, -0.2) is 42.7 Å². The molecule has 3 rings (SSSR count). The van der Waals surface area contributed by atoms with Gasteiger partial charge in [0.15, 0.2) is 0 Å². The van der Waals surface area contributed by atoms with Gasteiger partial charge in [0.05, 0.1) is 11.6 Å². The molecule has 1 atom stereocenters. The highest BCUT2D eigenvalue weighted by Crippen LogP contribution is 2.27. The number of fused-ring (bicyclic) bond motifs is 1. The maximum absolute atomic E-state index is 12.6. The van der Waals surface area contributed by atoms with E-state index in [0.717, 1.165) is 21.4 Å². The molecule has 7 heteroatoms. The SMILES string of the molecule is C[C@@H]1CN(c2ccc3ccc(C#N)cc3c2)CCN1C(=O)C(F)(F)F. The Labute approximate surface area is 143 Å². The minimum Gasteiger partial charge on any atom is -0.368 e. The maximum atomic E-state index is 12.6. The summed E-state index contributed by atoms with van der Waals surface area (Å²) in [6.07, 6.45) is -4.84. The average molecular weight is 347 g/mol. The zero-order valence-corrected chi connectivity index (χ0v) is 13.5. The van der Waals surface area contributed by atoms with E-state index in [4.69, 9.17) is 5.26 Å². The monoisotopic (exact) mass is 347 g/mol. The van der Waals surface area contributed by atoms with E-state index in [1.165, 1.54) is 0 Å². The van der Waals surface area contributed by atoms with Gasteiger partial charge in [-0.05, 0) is 42.0 Å². The molecular formula is C18H16F3N3O. The minimum atomic E-state index is -4.84. The molecule has 0 unspecified atom stereocenters. The highest BCUT2D eigenvalue weighted by Gasteiger charge is 2.45. The van der Waals surface area contributed by atoms with Crippen LogP contribution in [0.4, 0.5) is 18.9 Å². The molecule has 1 aliphatic rings. The average Bonchev–Trinajstić information content (AvgIpc) is 2.59. The number of halogens is 3. The predicted octanol–water partition coefficient (Wildman–Crippen LogP) is 3.31. The molecule has 2 aromatic rings. The first-order chi connectivity index (χ1) is 11.8. The lowest BCUT2D eigenvalue weighted by atomic mass is 10.1. The van der Waals surface area contributed by atoms with Crippen molar-refractivity contribution in [2.75, 3.05) is 24.5 Å². The van der Waals surface area contributed by atoms with Crippen molar-refractivity contribution in [1.29, 1.82) is 5.26 Å².